The summed E-state index contributed by atoms with van der Waals surface area (Å²) < 4.78 is 13.0. The zero-order valence-corrected chi connectivity index (χ0v) is 23.0. The topological polar surface area (TPSA) is 59.1 Å². The molecule has 0 unspecified atom stereocenters. The van der Waals surface area contributed by atoms with Crippen molar-refractivity contribution in [2.24, 2.45) is 0 Å². The molecule has 8 heteroatoms. The number of unbranched alkanes of at least 4 members (excludes halogenated alkanes) is 3. The maximum absolute atomic E-state index is 13.5. The fourth-order valence-electron chi connectivity index (χ4n) is 3.84. The fourth-order valence-corrected chi connectivity index (χ4v) is 6.58. The quantitative estimate of drug-likeness (QED) is 0.182. The molecule has 0 aromatic heterocycles. The molecule has 1 aromatic carbocycles. The SMILES string of the molecule is CCCCOc1cc(C)c(OC(C)C)c2c1SC(=C1C(=O)N(CCCC)N(CCCC)C1=O)S2. The summed E-state index contributed by atoms with van der Waals surface area (Å²) in [6.45, 7) is 14.1. The molecule has 1 fully saturated rings. The number of rotatable bonds is 12. The van der Waals surface area contributed by atoms with Crippen LogP contribution in [-0.2, 0) is 9.59 Å². The lowest BCUT2D eigenvalue weighted by Crippen LogP contribution is -2.42. The Labute approximate surface area is 212 Å². The molecule has 6 nitrogen and oxygen atoms in total. The molecule has 2 amide bonds. The van der Waals surface area contributed by atoms with E-state index in [0.717, 1.165) is 69.6 Å². The molecule has 0 aliphatic carbocycles. The summed E-state index contributed by atoms with van der Waals surface area (Å²) in [6.07, 6.45) is 5.71. The second-order valence-corrected chi connectivity index (χ2v) is 11.3. The normalized spacial score (nSPS) is 15.7. The van der Waals surface area contributed by atoms with E-state index in [1.54, 1.807) is 10.0 Å². The Kier molecular flexibility index (Phi) is 9.65. The van der Waals surface area contributed by atoms with Gasteiger partial charge in [0.25, 0.3) is 11.8 Å². The van der Waals surface area contributed by atoms with Crippen LogP contribution in [0, 0.1) is 6.92 Å². The van der Waals surface area contributed by atoms with E-state index in [9.17, 15) is 9.59 Å². The van der Waals surface area contributed by atoms with E-state index in [1.165, 1.54) is 23.5 Å². The van der Waals surface area contributed by atoms with Crippen LogP contribution in [0.25, 0.3) is 0 Å². The van der Waals surface area contributed by atoms with Crippen molar-refractivity contribution in [2.45, 2.75) is 96.0 Å². The van der Waals surface area contributed by atoms with Crippen molar-refractivity contribution in [3.05, 3.63) is 21.4 Å². The number of benzene rings is 1. The Bertz CT molecular complexity index is 917. The number of hydrogen-bond acceptors (Lipinski definition) is 6. The summed E-state index contributed by atoms with van der Waals surface area (Å²) in [4.78, 5) is 28.8. The standard InChI is InChI=1S/C26H38N2O4S2/c1-7-10-13-27-24(29)20(25(30)28(27)14-11-8-2)26-33-22-19(31-15-12-9-3)16-18(6)21(23(22)34-26)32-17(4)5/h16-17H,7-15H2,1-6H3. The first-order valence-electron chi connectivity index (χ1n) is 12.5. The molecular formula is C26H38N2O4S2. The van der Waals surface area contributed by atoms with Gasteiger partial charge in [0, 0.05) is 13.1 Å². The molecule has 0 saturated carbocycles. The summed E-state index contributed by atoms with van der Waals surface area (Å²) in [6, 6.07) is 2.02. The third-order valence-corrected chi connectivity index (χ3v) is 8.29. The van der Waals surface area contributed by atoms with Crippen LogP contribution < -0.4 is 9.47 Å². The third-order valence-electron chi connectivity index (χ3n) is 5.68. The molecule has 1 saturated heterocycles. The second kappa shape index (κ2) is 12.2. The van der Waals surface area contributed by atoms with Crippen LogP contribution in [0.2, 0.25) is 0 Å². The lowest BCUT2D eigenvalue weighted by molar-refractivity contribution is -0.147. The van der Waals surface area contributed by atoms with Crippen LogP contribution in [0.1, 0.15) is 78.7 Å². The van der Waals surface area contributed by atoms with Crippen molar-refractivity contribution >= 4 is 35.3 Å². The number of hydrazine groups is 1. The molecule has 3 rings (SSSR count). The maximum atomic E-state index is 13.5. The molecule has 0 spiro atoms. The fraction of sp³-hybridized carbons (Fsp3) is 0.615. The van der Waals surface area contributed by atoms with E-state index in [-0.39, 0.29) is 23.5 Å². The van der Waals surface area contributed by atoms with Crippen molar-refractivity contribution in [3.63, 3.8) is 0 Å². The highest BCUT2D eigenvalue weighted by Gasteiger charge is 2.44. The summed E-state index contributed by atoms with van der Waals surface area (Å²) in [5.74, 6) is 1.24. The van der Waals surface area contributed by atoms with Gasteiger partial charge in [-0.3, -0.25) is 9.59 Å². The first kappa shape index (κ1) is 26.8. The summed E-state index contributed by atoms with van der Waals surface area (Å²) in [5, 5.41) is 3.31. The van der Waals surface area contributed by atoms with Gasteiger partial charge in [0.2, 0.25) is 0 Å². The Morgan fingerprint density at radius 3 is 1.97 bits per heavy atom. The monoisotopic (exact) mass is 506 g/mol. The van der Waals surface area contributed by atoms with Gasteiger partial charge in [0.1, 0.15) is 17.1 Å². The first-order valence-corrected chi connectivity index (χ1v) is 14.2. The molecule has 2 aliphatic rings. The highest BCUT2D eigenvalue weighted by Crippen LogP contribution is 2.60. The van der Waals surface area contributed by atoms with Crippen LogP contribution in [0.5, 0.6) is 11.5 Å². The van der Waals surface area contributed by atoms with Crippen molar-refractivity contribution < 1.29 is 19.1 Å². The molecule has 34 heavy (non-hydrogen) atoms. The number of carbonyl (C=O) groups is 2. The van der Waals surface area contributed by atoms with E-state index < -0.39 is 0 Å². The number of ether oxygens (including phenoxy) is 2. The van der Waals surface area contributed by atoms with Crippen LogP contribution in [-0.4, -0.2) is 47.6 Å². The highest BCUT2D eigenvalue weighted by atomic mass is 32.2. The Morgan fingerprint density at radius 2 is 1.44 bits per heavy atom. The number of nitrogens with zero attached hydrogens (tertiary/aromatic N) is 2. The van der Waals surface area contributed by atoms with E-state index in [1.807, 2.05) is 26.8 Å². The first-order chi connectivity index (χ1) is 16.3. The lowest BCUT2D eigenvalue weighted by Gasteiger charge is -2.27. The van der Waals surface area contributed by atoms with Crippen molar-refractivity contribution in [1.29, 1.82) is 0 Å². The largest absolute Gasteiger partial charge is 0.492 e. The molecule has 0 radical (unpaired) electrons. The van der Waals surface area contributed by atoms with Gasteiger partial charge in [-0.05, 0) is 51.7 Å². The van der Waals surface area contributed by atoms with Crippen LogP contribution >= 0.6 is 23.5 Å². The number of thioether (sulfide) groups is 2. The summed E-state index contributed by atoms with van der Waals surface area (Å²) >= 11 is 2.94. The van der Waals surface area contributed by atoms with Crippen LogP contribution in [0.15, 0.2) is 25.7 Å². The predicted molar refractivity (Wildman–Crippen MR) is 139 cm³/mol. The average Bonchev–Trinajstić information content (AvgIpc) is 3.32. The van der Waals surface area contributed by atoms with Gasteiger partial charge in [0.05, 0.1) is 26.7 Å². The molecule has 0 atom stereocenters. The zero-order chi connectivity index (χ0) is 24.8. The van der Waals surface area contributed by atoms with Crippen molar-refractivity contribution in [3.8, 4) is 11.5 Å². The van der Waals surface area contributed by atoms with Gasteiger partial charge in [-0.15, -0.1) is 0 Å². The molecule has 0 N–H and O–H groups in total. The number of fused-ring (bicyclic) bond motifs is 1. The second-order valence-electron chi connectivity index (χ2n) is 8.98. The minimum Gasteiger partial charge on any atom is -0.492 e. The number of hydrogen-bond donors (Lipinski definition) is 0. The molecule has 2 heterocycles. The minimum absolute atomic E-state index is 0.0146. The third kappa shape index (κ3) is 5.70. The number of carbonyl (C=O) groups excluding carboxylic acids is 2. The maximum Gasteiger partial charge on any atom is 0.279 e. The molecule has 1 aromatic rings. The van der Waals surface area contributed by atoms with Gasteiger partial charge in [-0.25, -0.2) is 10.0 Å². The van der Waals surface area contributed by atoms with Gasteiger partial charge >= 0.3 is 0 Å². The lowest BCUT2D eigenvalue weighted by atomic mass is 10.2. The van der Waals surface area contributed by atoms with E-state index in [0.29, 0.717) is 19.7 Å². The van der Waals surface area contributed by atoms with Gasteiger partial charge in [-0.1, -0.05) is 63.6 Å². The Balaban J connectivity index is 2.02. The molecule has 188 valence electrons. The van der Waals surface area contributed by atoms with Gasteiger partial charge < -0.3 is 9.47 Å². The van der Waals surface area contributed by atoms with Gasteiger partial charge in [-0.2, -0.15) is 0 Å². The molecule has 2 aliphatic heterocycles. The van der Waals surface area contributed by atoms with E-state index in [4.69, 9.17) is 9.47 Å². The summed E-state index contributed by atoms with van der Waals surface area (Å²) in [5.41, 5.74) is 1.28. The smallest absolute Gasteiger partial charge is 0.279 e. The van der Waals surface area contributed by atoms with Crippen LogP contribution in [0.3, 0.4) is 0 Å². The van der Waals surface area contributed by atoms with Crippen molar-refractivity contribution in [1.82, 2.24) is 10.0 Å². The van der Waals surface area contributed by atoms with Gasteiger partial charge in [0.15, 0.2) is 0 Å². The number of aryl methyl sites for hydroxylation is 1. The van der Waals surface area contributed by atoms with Crippen molar-refractivity contribution in [2.75, 3.05) is 19.7 Å². The molecule has 0 bridgehead atoms. The summed E-state index contributed by atoms with van der Waals surface area (Å²) in [7, 11) is 0. The van der Waals surface area contributed by atoms with E-state index in [2.05, 4.69) is 20.8 Å². The highest BCUT2D eigenvalue weighted by molar-refractivity contribution is 8.25. The zero-order valence-electron chi connectivity index (χ0n) is 21.4. The van der Waals surface area contributed by atoms with E-state index >= 15 is 0 Å². The average molecular weight is 507 g/mol. The predicted octanol–water partition coefficient (Wildman–Crippen LogP) is 6.56. The minimum atomic E-state index is -0.186. The van der Waals surface area contributed by atoms with Crippen LogP contribution in [0.4, 0.5) is 0 Å². The Hall–Kier alpha value is -1.80. The Morgan fingerprint density at radius 1 is 0.882 bits per heavy atom. The number of amides is 2. The molecular weight excluding hydrogens is 468 g/mol.